The molecule has 0 atom stereocenters. The number of nitrogens with one attached hydrogen (secondary N) is 1. The molecule has 0 aliphatic heterocycles. The number of aromatic nitrogens is 1. The molecule has 1 amide bonds. The summed E-state index contributed by atoms with van der Waals surface area (Å²) in [5.74, 6) is -0.516. The molecule has 1 N–H and O–H groups in total. The maximum Gasteiger partial charge on any atom is 0.290 e. The van der Waals surface area contributed by atoms with Gasteiger partial charge < -0.3 is 9.84 Å². The molecule has 2 rings (SSSR count). The van der Waals surface area contributed by atoms with Crippen LogP contribution in [0.4, 0.5) is 4.39 Å². The van der Waals surface area contributed by atoms with E-state index in [4.69, 9.17) is 16.1 Å². The quantitative estimate of drug-likeness (QED) is 0.914. The first kappa shape index (κ1) is 16.5. The summed E-state index contributed by atoms with van der Waals surface area (Å²) < 4.78 is 18.2. The SMILES string of the molecule is CC(C)c1cc(C(=O)NC(C)(C)c2ccc(F)cc2Cl)on1. The Hall–Kier alpha value is -1.88. The van der Waals surface area contributed by atoms with Crippen LogP contribution >= 0.6 is 11.6 Å². The molecule has 0 bridgehead atoms. The highest BCUT2D eigenvalue weighted by molar-refractivity contribution is 6.31. The second kappa shape index (κ2) is 6.08. The van der Waals surface area contributed by atoms with Crippen LogP contribution in [0.3, 0.4) is 0 Å². The molecule has 1 aromatic carbocycles. The lowest BCUT2D eigenvalue weighted by Gasteiger charge is -2.27. The van der Waals surface area contributed by atoms with Gasteiger partial charge in [-0.05, 0) is 37.5 Å². The molecule has 0 aliphatic carbocycles. The third kappa shape index (κ3) is 3.47. The standard InChI is InChI=1S/C16H18ClFN2O2/c1-9(2)13-8-14(22-20-13)15(21)19-16(3,4)11-6-5-10(18)7-12(11)17/h5-9H,1-4H3,(H,19,21). The number of hydrogen-bond acceptors (Lipinski definition) is 3. The van der Waals surface area contributed by atoms with Crippen molar-refractivity contribution in [1.29, 1.82) is 0 Å². The Kier molecular flexibility index (Phi) is 4.56. The number of rotatable bonds is 4. The Morgan fingerprint density at radius 2 is 2.05 bits per heavy atom. The van der Waals surface area contributed by atoms with Gasteiger partial charge in [-0.3, -0.25) is 4.79 Å². The fourth-order valence-electron chi connectivity index (χ4n) is 2.08. The van der Waals surface area contributed by atoms with E-state index in [0.717, 1.165) is 0 Å². The molecule has 0 saturated heterocycles. The Morgan fingerprint density at radius 1 is 1.36 bits per heavy atom. The van der Waals surface area contributed by atoms with Gasteiger partial charge in [0.05, 0.1) is 11.2 Å². The fraction of sp³-hybridized carbons (Fsp3) is 0.375. The van der Waals surface area contributed by atoms with Crippen molar-refractivity contribution in [3.8, 4) is 0 Å². The highest BCUT2D eigenvalue weighted by Crippen LogP contribution is 2.28. The normalized spacial score (nSPS) is 11.8. The van der Waals surface area contributed by atoms with Crippen LogP contribution in [0.2, 0.25) is 5.02 Å². The summed E-state index contributed by atoms with van der Waals surface area (Å²) in [5.41, 5.74) is 0.544. The van der Waals surface area contributed by atoms with Gasteiger partial charge in [0.15, 0.2) is 0 Å². The van der Waals surface area contributed by atoms with Crippen LogP contribution in [0.25, 0.3) is 0 Å². The Balaban J connectivity index is 2.21. The van der Waals surface area contributed by atoms with Gasteiger partial charge in [-0.25, -0.2) is 4.39 Å². The van der Waals surface area contributed by atoms with Gasteiger partial charge in [0, 0.05) is 11.1 Å². The first-order chi connectivity index (χ1) is 10.2. The topological polar surface area (TPSA) is 55.1 Å². The highest BCUT2D eigenvalue weighted by Gasteiger charge is 2.27. The summed E-state index contributed by atoms with van der Waals surface area (Å²) in [5, 5.41) is 6.93. The van der Waals surface area contributed by atoms with E-state index >= 15 is 0 Å². The first-order valence-corrected chi connectivity index (χ1v) is 7.33. The van der Waals surface area contributed by atoms with Crippen molar-refractivity contribution in [2.45, 2.75) is 39.2 Å². The summed E-state index contributed by atoms with van der Waals surface area (Å²) in [6.45, 7) is 7.48. The minimum Gasteiger partial charge on any atom is -0.351 e. The number of carbonyl (C=O) groups is 1. The third-order valence-corrected chi connectivity index (χ3v) is 3.69. The zero-order chi connectivity index (χ0) is 16.5. The Morgan fingerprint density at radius 3 is 2.59 bits per heavy atom. The van der Waals surface area contributed by atoms with Crippen LogP contribution in [0.1, 0.15) is 55.4 Å². The average Bonchev–Trinajstić information content (AvgIpc) is 2.87. The smallest absolute Gasteiger partial charge is 0.290 e. The average molecular weight is 325 g/mol. The largest absolute Gasteiger partial charge is 0.351 e. The van der Waals surface area contributed by atoms with Gasteiger partial charge in [0.25, 0.3) is 5.91 Å². The molecule has 4 nitrogen and oxygen atoms in total. The molecule has 118 valence electrons. The van der Waals surface area contributed by atoms with E-state index in [1.807, 2.05) is 13.8 Å². The molecule has 22 heavy (non-hydrogen) atoms. The van der Waals surface area contributed by atoms with Gasteiger partial charge in [0.1, 0.15) is 5.82 Å². The molecule has 1 aromatic heterocycles. The molecule has 6 heteroatoms. The maximum atomic E-state index is 13.1. The molecular weight excluding hydrogens is 307 g/mol. The monoisotopic (exact) mass is 324 g/mol. The molecule has 0 fully saturated rings. The van der Waals surface area contributed by atoms with E-state index in [0.29, 0.717) is 11.3 Å². The minimum atomic E-state index is -0.785. The Bertz CT molecular complexity index is 695. The predicted octanol–water partition coefficient (Wildman–Crippen LogP) is 4.26. The van der Waals surface area contributed by atoms with Crippen LogP contribution < -0.4 is 5.32 Å². The number of nitrogens with zero attached hydrogens (tertiary/aromatic N) is 1. The maximum absolute atomic E-state index is 13.1. The zero-order valence-electron chi connectivity index (χ0n) is 12.9. The zero-order valence-corrected chi connectivity index (χ0v) is 13.7. The molecule has 0 unspecified atom stereocenters. The minimum absolute atomic E-state index is 0.134. The first-order valence-electron chi connectivity index (χ1n) is 6.95. The summed E-state index contributed by atoms with van der Waals surface area (Å²) in [7, 11) is 0. The predicted molar refractivity (Wildman–Crippen MR) is 82.5 cm³/mol. The van der Waals surface area contributed by atoms with Crippen molar-refractivity contribution < 1.29 is 13.7 Å². The van der Waals surface area contributed by atoms with Gasteiger partial charge >= 0.3 is 0 Å². The van der Waals surface area contributed by atoms with E-state index in [1.165, 1.54) is 12.1 Å². The molecule has 0 saturated carbocycles. The lowest BCUT2D eigenvalue weighted by atomic mass is 9.94. The summed E-state index contributed by atoms with van der Waals surface area (Å²) in [6.07, 6.45) is 0. The number of benzene rings is 1. The number of halogens is 2. The molecule has 0 radical (unpaired) electrons. The number of hydrogen-bond donors (Lipinski definition) is 1. The van der Waals surface area contributed by atoms with E-state index in [-0.39, 0.29) is 16.7 Å². The van der Waals surface area contributed by atoms with Crippen LogP contribution in [-0.4, -0.2) is 11.1 Å². The van der Waals surface area contributed by atoms with E-state index in [2.05, 4.69) is 10.5 Å². The third-order valence-electron chi connectivity index (χ3n) is 3.37. The molecule has 2 aromatic rings. The van der Waals surface area contributed by atoms with Crippen molar-refractivity contribution in [3.05, 3.63) is 52.1 Å². The fourth-order valence-corrected chi connectivity index (χ4v) is 2.48. The van der Waals surface area contributed by atoms with Crippen LogP contribution in [0, 0.1) is 5.82 Å². The van der Waals surface area contributed by atoms with Crippen molar-refractivity contribution in [2.75, 3.05) is 0 Å². The second-order valence-electron chi connectivity index (χ2n) is 5.97. The summed E-state index contributed by atoms with van der Waals surface area (Å²) >= 11 is 6.06. The van der Waals surface area contributed by atoms with E-state index in [1.54, 1.807) is 26.0 Å². The lowest BCUT2D eigenvalue weighted by molar-refractivity contribution is 0.0874. The van der Waals surface area contributed by atoms with Gasteiger partial charge in [-0.1, -0.05) is 36.7 Å². The van der Waals surface area contributed by atoms with E-state index < -0.39 is 17.3 Å². The Labute approximate surface area is 133 Å². The van der Waals surface area contributed by atoms with Gasteiger partial charge in [-0.2, -0.15) is 0 Å². The molecule has 0 spiro atoms. The van der Waals surface area contributed by atoms with Crippen molar-refractivity contribution >= 4 is 17.5 Å². The lowest BCUT2D eigenvalue weighted by Crippen LogP contribution is -2.41. The molecule has 0 aliphatic rings. The van der Waals surface area contributed by atoms with Crippen LogP contribution in [0.15, 0.2) is 28.8 Å². The van der Waals surface area contributed by atoms with Crippen LogP contribution in [-0.2, 0) is 5.54 Å². The van der Waals surface area contributed by atoms with Gasteiger partial charge in [0.2, 0.25) is 5.76 Å². The highest BCUT2D eigenvalue weighted by atomic mass is 35.5. The summed E-state index contributed by atoms with van der Waals surface area (Å²) in [4.78, 5) is 12.3. The second-order valence-corrected chi connectivity index (χ2v) is 6.38. The van der Waals surface area contributed by atoms with Crippen LogP contribution in [0.5, 0.6) is 0 Å². The van der Waals surface area contributed by atoms with Crippen molar-refractivity contribution in [2.24, 2.45) is 0 Å². The van der Waals surface area contributed by atoms with E-state index in [9.17, 15) is 9.18 Å². The number of amides is 1. The summed E-state index contributed by atoms with van der Waals surface area (Å²) in [6, 6.07) is 5.69. The van der Waals surface area contributed by atoms with Gasteiger partial charge in [-0.15, -0.1) is 0 Å². The number of carbonyl (C=O) groups excluding carboxylic acids is 1. The molecular formula is C16H18ClFN2O2. The van der Waals surface area contributed by atoms with Crippen molar-refractivity contribution in [3.63, 3.8) is 0 Å². The molecule has 1 heterocycles. The van der Waals surface area contributed by atoms with Crippen molar-refractivity contribution in [1.82, 2.24) is 10.5 Å².